The summed E-state index contributed by atoms with van der Waals surface area (Å²) in [6, 6.07) is 1.62. The number of aliphatic carboxylic acids is 1. The van der Waals surface area contributed by atoms with E-state index in [0.717, 1.165) is 18.4 Å². The number of sulfone groups is 1. The highest BCUT2D eigenvalue weighted by Gasteiger charge is 2.50. The quantitative estimate of drug-likeness (QED) is 0.863. The van der Waals surface area contributed by atoms with Gasteiger partial charge in [-0.1, -0.05) is 6.42 Å². The maximum absolute atomic E-state index is 14.2. The van der Waals surface area contributed by atoms with Crippen LogP contribution in [-0.2, 0) is 20.0 Å². The molecule has 0 amide bonds. The molecule has 0 saturated heterocycles. The van der Waals surface area contributed by atoms with E-state index < -0.39 is 43.3 Å². The Balaban J connectivity index is 2.74. The average molecular weight is 290 g/mol. The minimum atomic E-state index is -3.88. The van der Waals surface area contributed by atoms with E-state index >= 15 is 0 Å². The molecule has 1 aromatic rings. The molecule has 1 fully saturated rings. The first-order valence-electron chi connectivity index (χ1n) is 5.62. The van der Waals surface area contributed by atoms with E-state index in [4.69, 9.17) is 0 Å². The molecule has 0 aromatic heterocycles. The van der Waals surface area contributed by atoms with Crippen molar-refractivity contribution in [3.63, 3.8) is 0 Å². The first-order valence-corrected chi connectivity index (χ1v) is 7.51. The summed E-state index contributed by atoms with van der Waals surface area (Å²) in [6.45, 7) is 0. The molecule has 1 aliphatic rings. The fourth-order valence-corrected chi connectivity index (χ4v) is 3.10. The number of hydrogen-bond donors (Lipinski definition) is 1. The lowest BCUT2D eigenvalue weighted by Gasteiger charge is -2.38. The topological polar surface area (TPSA) is 71.4 Å². The second-order valence-corrected chi connectivity index (χ2v) is 6.73. The van der Waals surface area contributed by atoms with E-state index in [2.05, 4.69) is 0 Å². The molecule has 0 aliphatic heterocycles. The van der Waals surface area contributed by atoms with Gasteiger partial charge in [0.15, 0.2) is 9.84 Å². The number of halogens is 2. The molecule has 0 heterocycles. The molecule has 1 aromatic carbocycles. The fourth-order valence-electron chi connectivity index (χ4n) is 2.36. The zero-order valence-electron chi connectivity index (χ0n) is 10.1. The van der Waals surface area contributed by atoms with Gasteiger partial charge in [-0.05, 0) is 25.0 Å². The van der Waals surface area contributed by atoms with Crippen LogP contribution in [0.5, 0.6) is 0 Å². The van der Waals surface area contributed by atoms with Gasteiger partial charge in [-0.15, -0.1) is 0 Å². The molecule has 0 bridgehead atoms. The number of carbonyl (C=O) groups is 1. The van der Waals surface area contributed by atoms with Gasteiger partial charge in [0, 0.05) is 11.8 Å². The van der Waals surface area contributed by atoms with Crippen LogP contribution < -0.4 is 0 Å². The summed E-state index contributed by atoms with van der Waals surface area (Å²) in [5, 5.41) is 9.20. The molecule has 7 heteroatoms. The summed E-state index contributed by atoms with van der Waals surface area (Å²) in [6.07, 6.45) is 1.53. The van der Waals surface area contributed by atoms with Crippen LogP contribution in [-0.4, -0.2) is 25.7 Å². The molecular weight excluding hydrogens is 278 g/mol. The smallest absolute Gasteiger partial charge is 0.314 e. The van der Waals surface area contributed by atoms with E-state index in [9.17, 15) is 27.1 Å². The second-order valence-electron chi connectivity index (χ2n) is 4.75. The van der Waals surface area contributed by atoms with Crippen molar-refractivity contribution in [1.82, 2.24) is 0 Å². The predicted molar refractivity (Wildman–Crippen MR) is 62.6 cm³/mol. The molecule has 0 spiro atoms. The van der Waals surface area contributed by atoms with E-state index in [1.807, 2.05) is 0 Å². The van der Waals surface area contributed by atoms with Gasteiger partial charge in [0.1, 0.15) is 16.5 Å². The van der Waals surface area contributed by atoms with Gasteiger partial charge in [-0.2, -0.15) is 0 Å². The minimum Gasteiger partial charge on any atom is -0.481 e. The number of benzene rings is 1. The van der Waals surface area contributed by atoms with Gasteiger partial charge in [0.25, 0.3) is 0 Å². The molecule has 4 nitrogen and oxygen atoms in total. The number of rotatable bonds is 3. The normalized spacial score (nSPS) is 17.8. The van der Waals surface area contributed by atoms with Crippen LogP contribution in [0.3, 0.4) is 0 Å². The van der Waals surface area contributed by atoms with Crippen LogP contribution in [0.1, 0.15) is 24.8 Å². The standard InChI is InChI=1S/C12H12F2O4S/c1-19(17,18)8-4-3-7(13)9(10(8)14)12(11(15)16)5-2-6-12/h3-4H,2,5-6H2,1H3,(H,15,16). The first kappa shape index (κ1) is 13.9. The Labute approximate surface area is 109 Å². The van der Waals surface area contributed by atoms with E-state index in [1.54, 1.807) is 0 Å². The molecule has 2 rings (SSSR count). The number of carboxylic acid groups (broad SMARTS) is 1. The Morgan fingerprint density at radius 3 is 2.26 bits per heavy atom. The number of hydrogen-bond acceptors (Lipinski definition) is 3. The highest BCUT2D eigenvalue weighted by atomic mass is 32.2. The summed E-state index contributed by atoms with van der Waals surface area (Å²) in [4.78, 5) is 10.6. The Hall–Kier alpha value is -1.50. The van der Waals surface area contributed by atoms with Gasteiger partial charge in [-0.25, -0.2) is 17.2 Å². The van der Waals surface area contributed by atoms with E-state index in [1.165, 1.54) is 0 Å². The van der Waals surface area contributed by atoms with Crippen LogP contribution in [0.15, 0.2) is 17.0 Å². The second kappa shape index (κ2) is 4.26. The average Bonchev–Trinajstić information content (AvgIpc) is 2.18. The largest absolute Gasteiger partial charge is 0.481 e. The van der Waals surface area contributed by atoms with Gasteiger partial charge < -0.3 is 5.11 Å². The summed E-state index contributed by atoms with van der Waals surface area (Å²) in [7, 11) is -3.88. The summed E-state index contributed by atoms with van der Waals surface area (Å²) >= 11 is 0. The molecule has 0 atom stereocenters. The van der Waals surface area contributed by atoms with Crippen molar-refractivity contribution in [3.8, 4) is 0 Å². The highest BCUT2D eigenvalue weighted by Crippen LogP contribution is 2.46. The lowest BCUT2D eigenvalue weighted by molar-refractivity contribution is -0.147. The lowest BCUT2D eigenvalue weighted by atomic mass is 9.64. The summed E-state index contributed by atoms with van der Waals surface area (Å²) < 4.78 is 50.8. The van der Waals surface area contributed by atoms with Crippen LogP contribution in [0.4, 0.5) is 8.78 Å². The van der Waals surface area contributed by atoms with Crippen LogP contribution in [0.25, 0.3) is 0 Å². The molecule has 1 aliphatic carbocycles. The molecule has 104 valence electrons. The monoisotopic (exact) mass is 290 g/mol. The van der Waals surface area contributed by atoms with Crippen molar-refractivity contribution < 1.29 is 27.1 Å². The molecule has 1 N–H and O–H groups in total. The van der Waals surface area contributed by atoms with E-state index in [-0.39, 0.29) is 12.8 Å². The third-order valence-electron chi connectivity index (χ3n) is 3.55. The van der Waals surface area contributed by atoms with Crippen molar-refractivity contribution >= 4 is 15.8 Å². The third-order valence-corrected chi connectivity index (χ3v) is 4.66. The van der Waals surface area contributed by atoms with Crippen molar-refractivity contribution in [2.45, 2.75) is 29.6 Å². The van der Waals surface area contributed by atoms with Crippen LogP contribution >= 0.6 is 0 Å². The van der Waals surface area contributed by atoms with Gasteiger partial charge >= 0.3 is 5.97 Å². The highest BCUT2D eigenvalue weighted by molar-refractivity contribution is 7.90. The van der Waals surface area contributed by atoms with Crippen molar-refractivity contribution in [3.05, 3.63) is 29.3 Å². The van der Waals surface area contributed by atoms with Gasteiger partial charge in [0.05, 0.1) is 5.41 Å². The first-order chi connectivity index (χ1) is 8.70. The molecule has 19 heavy (non-hydrogen) atoms. The SMILES string of the molecule is CS(=O)(=O)c1ccc(F)c(C2(C(=O)O)CCC2)c1F. The Bertz CT molecular complexity index is 648. The van der Waals surface area contributed by atoms with Gasteiger partial charge in [-0.3, -0.25) is 4.79 Å². The Morgan fingerprint density at radius 2 is 1.89 bits per heavy atom. The van der Waals surface area contributed by atoms with Gasteiger partial charge in [0.2, 0.25) is 0 Å². The maximum Gasteiger partial charge on any atom is 0.314 e. The van der Waals surface area contributed by atoms with Crippen molar-refractivity contribution in [2.24, 2.45) is 0 Å². The number of carboxylic acids is 1. The third kappa shape index (κ3) is 2.01. The fraction of sp³-hybridized carbons (Fsp3) is 0.417. The Kier molecular flexibility index (Phi) is 3.12. The maximum atomic E-state index is 14.2. The van der Waals surface area contributed by atoms with Crippen molar-refractivity contribution in [1.29, 1.82) is 0 Å². The van der Waals surface area contributed by atoms with E-state index in [0.29, 0.717) is 6.42 Å². The predicted octanol–water partition coefficient (Wildman–Crippen LogP) is 1.87. The summed E-state index contributed by atoms with van der Waals surface area (Å²) in [5.74, 6) is -3.64. The Morgan fingerprint density at radius 1 is 1.32 bits per heavy atom. The van der Waals surface area contributed by atoms with Crippen LogP contribution in [0, 0.1) is 11.6 Å². The molecular formula is C12H12F2O4S. The zero-order chi connectivity index (χ0) is 14.4. The van der Waals surface area contributed by atoms with Crippen molar-refractivity contribution in [2.75, 3.05) is 6.26 Å². The van der Waals surface area contributed by atoms with Crippen LogP contribution in [0.2, 0.25) is 0 Å². The molecule has 0 radical (unpaired) electrons. The molecule has 0 unspecified atom stereocenters. The molecule has 1 saturated carbocycles. The zero-order valence-corrected chi connectivity index (χ0v) is 10.9. The summed E-state index contributed by atoms with van der Waals surface area (Å²) in [5.41, 5.74) is -2.29. The lowest BCUT2D eigenvalue weighted by Crippen LogP contribution is -2.44. The minimum absolute atomic E-state index is 0.101.